The van der Waals surface area contributed by atoms with Crippen LogP contribution < -0.4 is 0 Å². The van der Waals surface area contributed by atoms with E-state index < -0.39 is 0 Å². The average molecular weight is 284 g/mol. The van der Waals surface area contributed by atoms with Crippen LogP contribution in [0, 0.1) is 11.3 Å². The van der Waals surface area contributed by atoms with Gasteiger partial charge in [0.05, 0.1) is 12.5 Å². The highest BCUT2D eigenvalue weighted by Gasteiger charge is 2.13. The van der Waals surface area contributed by atoms with E-state index in [0.29, 0.717) is 11.4 Å². The molecule has 1 aromatic heterocycles. The Morgan fingerprint density at radius 2 is 1.89 bits per heavy atom. The molecule has 1 heterocycles. The van der Waals surface area contributed by atoms with Crippen molar-refractivity contribution >= 4 is 33.0 Å². The van der Waals surface area contributed by atoms with E-state index in [2.05, 4.69) is 18.2 Å². The summed E-state index contributed by atoms with van der Waals surface area (Å²) in [5.74, 6) is 0. The standard InChI is InChI=1S/C16H10ClNS/c17-12-6-7-15-14(10-12)13(8-9-18)16(19-15)11-4-2-1-3-5-11/h1-7,10H,8H2. The molecule has 2 aromatic carbocycles. The zero-order valence-corrected chi connectivity index (χ0v) is 11.6. The van der Waals surface area contributed by atoms with Crippen LogP contribution in [0.3, 0.4) is 0 Å². The van der Waals surface area contributed by atoms with Gasteiger partial charge >= 0.3 is 0 Å². The second-order valence-corrected chi connectivity index (χ2v) is 5.74. The minimum absolute atomic E-state index is 0.407. The molecule has 3 rings (SSSR count). The lowest BCUT2D eigenvalue weighted by molar-refractivity contribution is 1.30. The molecule has 0 aliphatic rings. The van der Waals surface area contributed by atoms with Gasteiger partial charge in [0.1, 0.15) is 0 Å². The van der Waals surface area contributed by atoms with Gasteiger partial charge in [-0.15, -0.1) is 11.3 Å². The number of hydrogen-bond acceptors (Lipinski definition) is 2. The van der Waals surface area contributed by atoms with E-state index in [9.17, 15) is 0 Å². The molecule has 3 heteroatoms. The summed E-state index contributed by atoms with van der Waals surface area (Å²) in [5.41, 5.74) is 2.24. The van der Waals surface area contributed by atoms with Crippen molar-refractivity contribution in [1.82, 2.24) is 0 Å². The van der Waals surface area contributed by atoms with Gasteiger partial charge in [-0.3, -0.25) is 0 Å². The summed E-state index contributed by atoms with van der Waals surface area (Å²) in [7, 11) is 0. The van der Waals surface area contributed by atoms with Crippen molar-refractivity contribution < 1.29 is 0 Å². The molecule has 1 nitrogen and oxygen atoms in total. The molecule has 3 aromatic rings. The topological polar surface area (TPSA) is 23.8 Å². The summed E-state index contributed by atoms with van der Waals surface area (Å²) >= 11 is 7.78. The fraction of sp³-hybridized carbons (Fsp3) is 0.0625. The SMILES string of the molecule is N#CCc1c(-c2ccccc2)sc2ccc(Cl)cc12. The molecule has 0 saturated heterocycles. The van der Waals surface area contributed by atoms with E-state index in [-0.39, 0.29) is 0 Å². The Bertz CT molecular complexity index is 769. The van der Waals surface area contributed by atoms with Gasteiger partial charge in [0, 0.05) is 14.6 Å². The van der Waals surface area contributed by atoms with Gasteiger partial charge in [-0.05, 0) is 34.7 Å². The van der Waals surface area contributed by atoms with Crippen LogP contribution in [0.25, 0.3) is 20.5 Å². The van der Waals surface area contributed by atoms with Crippen molar-refractivity contribution in [1.29, 1.82) is 5.26 Å². The summed E-state index contributed by atoms with van der Waals surface area (Å²) in [6.07, 6.45) is 0.407. The van der Waals surface area contributed by atoms with Gasteiger partial charge < -0.3 is 0 Å². The van der Waals surface area contributed by atoms with Crippen LogP contribution in [0.5, 0.6) is 0 Å². The molecular weight excluding hydrogens is 274 g/mol. The Hall–Kier alpha value is -1.82. The summed E-state index contributed by atoms with van der Waals surface area (Å²) in [6.45, 7) is 0. The molecule has 0 aliphatic carbocycles. The molecule has 0 radical (unpaired) electrons. The zero-order valence-electron chi connectivity index (χ0n) is 10.1. The van der Waals surface area contributed by atoms with Gasteiger partial charge in [0.2, 0.25) is 0 Å². The second-order valence-electron chi connectivity index (χ2n) is 4.25. The maximum atomic E-state index is 9.06. The zero-order chi connectivity index (χ0) is 13.2. The minimum Gasteiger partial charge on any atom is -0.198 e. The molecule has 92 valence electrons. The molecule has 0 saturated carbocycles. The van der Waals surface area contributed by atoms with Crippen molar-refractivity contribution in [2.24, 2.45) is 0 Å². The van der Waals surface area contributed by atoms with Crippen LogP contribution >= 0.6 is 22.9 Å². The molecule has 0 atom stereocenters. The molecule has 0 fully saturated rings. The number of thiophene rings is 1. The van der Waals surface area contributed by atoms with Gasteiger partial charge in [0.25, 0.3) is 0 Å². The number of rotatable bonds is 2. The summed E-state index contributed by atoms with van der Waals surface area (Å²) in [4.78, 5) is 1.17. The van der Waals surface area contributed by atoms with E-state index >= 15 is 0 Å². The van der Waals surface area contributed by atoms with Gasteiger partial charge in [-0.1, -0.05) is 41.9 Å². The lowest BCUT2D eigenvalue weighted by Crippen LogP contribution is -1.83. The largest absolute Gasteiger partial charge is 0.198 e. The van der Waals surface area contributed by atoms with E-state index in [0.717, 1.165) is 16.5 Å². The Morgan fingerprint density at radius 3 is 2.63 bits per heavy atom. The van der Waals surface area contributed by atoms with Crippen molar-refractivity contribution in [2.75, 3.05) is 0 Å². The predicted octanol–water partition coefficient (Wildman–Crippen LogP) is 5.29. The number of fused-ring (bicyclic) bond motifs is 1. The number of nitrogens with zero attached hydrogens (tertiary/aromatic N) is 1. The third-order valence-electron chi connectivity index (χ3n) is 3.04. The second kappa shape index (κ2) is 5.05. The van der Waals surface area contributed by atoms with Crippen molar-refractivity contribution in [3.63, 3.8) is 0 Å². The Kier molecular flexibility index (Phi) is 3.25. The highest BCUT2D eigenvalue weighted by Crippen LogP contribution is 2.39. The smallest absolute Gasteiger partial charge is 0.0670 e. The normalized spacial score (nSPS) is 10.5. The maximum absolute atomic E-state index is 9.06. The first-order chi connectivity index (χ1) is 9.29. The monoisotopic (exact) mass is 283 g/mol. The first kappa shape index (κ1) is 12.2. The van der Waals surface area contributed by atoms with Gasteiger partial charge in [0.15, 0.2) is 0 Å². The van der Waals surface area contributed by atoms with Crippen molar-refractivity contribution in [2.45, 2.75) is 6.42 Å². The van der Waals surface area contributed by atoms with Crippen LogP contribution in [-0.2, 0) is 6.42 Å². The summed E-state index contributed by atoms with van der Waals surface area (Å²) in [6, 6.07) is 18.3. The van der Waals surface area contributed by atoms with E-state index in [4.69, 9.17) is 16.9 Å². The number of benzene rings is 2. The van der Waals surface area contributed by atoms with Crippen LogP contribution in [0.1, 0.15) is 5.56 Å². The molecule has 0 aliphatic heterocycles. The third kappa shape index (κ3) is 2.23. The fourth-order valence-electron chi connectivity index (χ4n) is 2.20. The average Bonchev–Trinajstić information content (AvgIpc) is 2.79. The molecular formula is C16H10ClNS. The molecule has 19 heavy (non-hydrogen) atoms. The molecule has 0 unspecified atom stereocenters. The van der Waals surface area contributed by atoms with Crippen LogP contribution in [0.2, 0.25) is 5.02 Å². The predicted molar refractivity (Wildman–Crippen MR) is 81.6 cm³/mol. The lowest BCUT2D eigenvalue weighted by Gasteiger charge is -2.00. The van der Waals surface area contributed by atoms with E-state index in [1.54, 1.807) is 11.3 Å². The van der Waals surface area contributed by atoms with Gasteiger partial charge in [-0.25, -0.2) is 0 Å². The molecule has 0 N–H and O–H groups in total. The maximum Gasteiger partial charge on any atom is 0.0670 e. The molecule has 0 amide bonds. The number of halogens is 1. The molecule has 0 spiro atoms. The third-order valence-corrected chi connectivity index (χ3v) is 4.54. The first-order valence-corrected chi connectivity index (χ1v) is 7.12. The van der Waals surface area contributed by atoms with Gasteiger partial charge in [-0.2, -0.15) is 5.26 Å². The summed E-state index contributed by atoms with van der Waals surface area (Å²) in [5, 5.41) is 10.9. The lowest BCUT2D eigenvalue weighted by atomic mass is 10.0. The van der Waals surface area contributed by atoms with Crippen molar-refractivity contribution in [3.05, 3.63) is 59.1 Å². The van der Waals surface area contributed by atoms with Crippen LogP contribution in [0.15, 0.2) is 48.5 Å². The van der Waals surface area contributed by atoms with Crippen molar-refractivity contribution in [3.8, 4) is 16.5 Å². The first-order valence-electron chi connectivity index (χ1n) is 5.93. The minimum atomic E-state index is 0.407. The Labute approximate surface area is 120 Å². The number of nitriles is 1. The van der Waals surface area contributed by atoms with E-state index in [1.807, 2.05) is 36.4 Å². The Morgan fingerprint density at radius 1 is 1.11 bits per heavy atom. The van der Waals surface area contributed by atoms with E-state index in [1.165, 1.54) is 9.58 Å². The highest BCUT2D eigenvalue weighted by atomic mass is 35.5. The quantitative estimate of drug-likeness (QED) is 0.627. The number of hydrogen-bond donors (Lipinski definition) is 0. The van der Waals surface area contributed by atoms with Crippen LogP contribution in [-0.4, -0.2) is 0 Å². The summed E-state index contributed by atoms with van der Waals surface area (Å²) < 4.78 is 1.17. The molecule has 0 bridgehead atoms. The fourth-order valence-corrected chi connectivity index (χ4v) is 3.58. The highest BCUT2D eigenvalue weighted by molar-refractivity contribution is 7.22. The Balaban J connectivity index is 2.30. The van der Waals surface area contributed by atoms with Crippen LogP contribution in [0.4, 0.5) is 0 Å².